The molecule has 1 aliphatic heterocycles. The molecule has 0 saturated carbocycles. The lowest BCUT2D eigenvalue weighted by Crippen LogP contribution is -2.37. The number of likely N-dealkylation sites (tertiary alicyclic amines) is 1. The summed E-state index contributed by atoms with van der Waals surface area (Å²) < 4.78 is 21.8. The van der Waals surface area contributed by atoms with E-state index in [1.165, 1.54) is 12.1 Å². The highest BCUT2D eigenvalue weighted by molar-refractivity contribution is 6.01. The molecular formula is C28H35FN4O3. The number of pyridine rings is 1. The molecule has 7 nitrogen and oxygen atoms in total. The van der Waals surface area contributed by atoms with Crippen LogP contribution in [0.4, 0.5) is 9.18 Å². The molecular weight excluding hydrogens is 459 g/mol. The second-order valence-electron chi connectivity index (χ2n) is 10.6. The van der Waals surface area contributed by atoms with Crippen molar-refractivity contribution in [2.24, 2.45) is 0 Å². The molecule has 0 unspecified atom stereocenters. The number of hydrogen-bond acceptors (Lipinski definition) is 4. The number of amides is 2. The van der Waals surface area contributed by atoms with Gasteiger partial charge in [0, 0.05) is 37.2 Å². The Balaban J connectivity index is 1.74. The molecule has 2 amide bonds. The third-order valence-electron chi connectivity index (χ3n) is 6.57. The first-order chi connectivity index (χ1) is 17.0. The molecule has 1 saturated heterocycles. The van der Waals surface area contributed by atoms with E-state index in [1.54, 1.807) is 28.4 Å². The maximum atomic E-state index is 14.4. The van der Waals surface area contributed by atoms with Crippen molar-refractivity contribution in [3.05, 3.63) is 59.8 Å². The van der Waals surface area contributed by atoms with Gasteiger partial charge in [0.15, 0.2) is 0 Å². The number of carbonyl (C=O) groups excluding carboxylic acids is 2. The molecule has 3 heterocycles. The summed E-state index contributed by atoms with van der Waals surface area (Å²) >= 11 is 0. The fourth-order valence-corrected chi connectivity index (χ4v) is 4.84. The maximum Gasteiger partial charge on any atom is 0.410 e. The van der Waals surface area contributed by atoms with Crippen molar-refractivity contribution in [2.45, 2.75) is 65.5 Å². The van der Waals surface area contributed by atoms with Gasteiger partial charge in [-0.2, -0.15) is 0 Å². The van der Waals surface area contributed by atoms with Crippen molar-refractivity contribution >= 4 is 17.5 Å². The highest BCUT2D eigenvalue weighted by atomic mass is 19.1. The Labute approximate surface area is 211 Å². The summed E-state index contributed by atoms with van der Waals surface area (Å²) in [6, 6.07) is 8.45. The van der Waals surface area contributed by atoms with Crippen LogP contribution in [-0.2, 0) is 4.74 Å². The van der Waals surface area contributed by atoms with E-state index in [-0.39, 0.29) is 24.0 Å². The Morgan fingerprint density at radius 3 is 2.64 bits per heavy atom. The van der Waals surface area contributed by atoms with Gasteiger partial charge in [0.2, 0.25) is 0 Å². The van der Waals surface area contributed by atoms with Crippen LogP contribution in [0, 0.1) is 5.82 Å². The fraction of sp³-hybridized carbons (Fsp3) is 0.464. The summed E-state index contributed by atoms with van der Waals surface area (Å²) in [6.45, 7) is 13.1. The molecule has 1 aromatic carbocycles. The summed E-state index contributed by atoms with van der Waals surface area (Å²) in [5, 5.41) is 0. The van der Waals surface area contributed by atoms with Gasteiger partial charge in [0.05, 0.1) is 29.3 Å². The predicted molar refractivity (Wildman–Crippen MR) is 138 cm³/mol. The van der Waals surface area contributed by atoms with Crippen LogP contribution in [0.25, 0.3) is 16.8 Å². The van der Waals surface area contributed by atoms with Crippen LogP contribution in [-0.4, -0.2) is 62.5 Å². The number of carbonyl (C=O) groups is 2. The van der Waals surface area contributed by atoms with Crippen LogP contribution < -0.4 is 0 Å². The molecule has 0 aliphatic carbocycles. The van der Waals surface area contributed by atoms with Gasteiger partial charge in [-0.15, -0.1) is 0 Å². The van der Waals surface area contributed by atoms with Gasteiger partial charge in [-0.05, 0) is 83.9 Å². The van der Waals surface area contributed by atoms with Crippen molar-refractivity contribution in [2.75, 3.05) is 19.6 Å². The lowest BCUT2D eigenvalue weighted by Gasteiger charge is -2.26. The zero-order valence-electron chi connectivity index (χ0n) is 21.9. The van der Waals surface area contributed by atoms with Gasteiger partial charge in [-0.25, -0.2) is 14.2 Å². The van der Waals surface area contributed by atoms with Crippen molar-refractivity contribution in [3.8, 4) is 11.3 Å². The van der Waals surface area contributed by atoms with Crippen LogP contribution in [0.2, 0.25) is 0 Å². The summed E-state index contributed by atoms with van der Waals surface area (Å²) in [5.41, 5.74) is 3.10. The second kappa shape index (κ2) is 9.91. The van der Waals surface area contributed by atoms with Crippen molar-refractivity contribution in [3.63, 3.8) is 0 Å². The average molecular weight is 495 g/mol. The molecule has 0 N–H and O–H groups in total. The summed E-state index contributed by atoms with van der Waals surface area (Å²) in [4.78, 5) is 33.9. The molecule has 1 fully saturated rings. The largest absolute Gasteiger partial charge is 0.444 e. The fourth-order valence-electron chi connectivity index (χ4n) is 4.84. The number of nitrogens with zero attached hydrogens (tertiary/aromatic N) is 4. The zero-order valence-corrected chi connectivity index (χ0v) is 21.9. The number of hydrogen-bond donors (Lipinski definition) is 0. The van der Waals surface area contributed by atoms with Crippen LogP contribution in [0.1, 0.15) is 69.8 Å². The normalized spacial score (nSPS) is 16.1. The quantitative estimate of drug-likeness (QED) is 0.454. The Kier molecular flexibility index (Phi) is 7.07. The lowest BCUT2D eigenvalue weighted by molar-refractivity contribution is 0.0292. The molecule has 0 radical (unpaired) electrons. The highest BCUT2D eigenvalue weighted by Crippen LogP contribution is 2.34. The molecule has 3 aromatic rings. The monoisotopic (exact) mass is 494 g/mol. The van der Waals surface area contributed by atoms with E-state index in [4.69, 9.17) is 4.74 Å². The zero-order chi connectivity index (χ0) is 26.2. The SMILES string of the molecule is CCN(C(=O)c1cc(F)ccc1-c1cc([C@H]2CCN(C(=O)OC(C)(C)C)C2)cc2cncn12)C(C)C. The minimum absolute atomic E-state index is 0.0180. The van der Waals surface area contributed by atoms with Gasteiger partial charge in [0.25, 0.3) is 5.91 Å². The molecule has 192 valence electrons. The van der Waals surface area contributed by atoms with Crippen molar-refractivity contribution < 1.29 is 18.7 Å². The number of ether oxygens (including phenoxy) is 1. The minimum Gasteiger partial charge on any atom is -0.444 e. The van der Waals surface area contributed by atoms with Gasteiger partial charge in [-0.1, -0.05) is 0 Å². The third-order valence-corrected chi connectivity index (χ3v) is 6.57. The van der Waals surface area contributed by atoms with E-state index in [0.717, 1.165) is 23.2 Å². The van der Waals surface area contributed by atoms with E-state index >= 15 is 0 Å². The number of rotatable bonds is 5. The van der Waals surface area contributed by atoms with E-state index in [0.29, 0.717) is 30.8 Å². The molecule has 4 rings (SSSR count). The topological polar surface area (TPSA) is 67.2 Å². The van der Waals surface area contributed by atoms with Gasteiger partial charge >= 0.3 is 6.09 Å². The van der Waals surface area contributed by atoms with Crippen molar-refractivity contribution in [1.29, 1.82) is 0 Å². The van der Waals surface area contributed by atoms with E-state index in [1.807, 2.05) is 52.0 Å². The Morgan fingerprint density at radius 1 is 1.22 bits per heavy atom. The minimum atomic E-state index is -0.549. The number of fused-ring (bicyclic) bond motifs is 1. The summed E-state index contributed by atoms with van der Waals surface area (Å²) in [5.74, 6) is -0.556. The number of imidazole rings is 1. The molecule has 8 heteroatoms. The summed E-state index contributed by atoms with van der Waals surface area (Å²) in [6.07, 6.45) is 3.96. The van der Waals surface area contributed by atoms with E-state index in [2.05, 4.69) is 11.1 Å². The average Bonchev–Trinajstić information content (AvgIpc) is 3.47. The highest BCUT2D eigenvalue weighted by Gasteiger charge is 2.31. The number of benzene rings is 1. The molecule has 0 bridgehead atoms. The van der Waals surface area contributed by atoms with E-state index in [9.17, 15) is 14.0 Å². The Morgan fingerprint density at radius 2 is 1.97 bits per heavy atom. The molecule has 36 heavy (non-hydrogen) atoms. The molecule has 2 aromatic heterocycles. The maximum absolute atomic E-state index is 14.4. The van der Waals surface area contributed by atoms with E-state index < -0.39 is 11.4 Å². The third kappa shape index (κ3) is 5.22. The molecule has 1 atom stereocenters. The van der Waals surface area contributed by atoms with Crippen LogP contribution in [0.3, 0.4) is 0 Å². The van der Waals surface area contributed by atoms with Gasteiger partial charge < -0.3 is 14.5 Å². The van der Waals surface area contributed by atoms with Gasteiger partial charge in [0.1, 0.15) is 11.4 Å². The standard InChI is InChI=1S/C28H35FN4O3/c1-7-32(18(2)3)26(34)24-14-21(29)8-9-23(24)25-13-20(12-22-15-30-17-33(22)25)19-10-11-31(16-19)27(35)36-28(4,5)6/h8-9,12-15,17-19H,7,10-11,16H2,1-6H3/t19-/m0/s1. The Bertz CT molecular complexity index is 1280. The predicted octanol–water partition coefficient (Wildman–Crippen LogP) is 5.74. The smallest absolute Gasteiger partial charge is 0.410 e. The molecule has 0 spiro atoms. The first kappa shape index (κ1) is 25.7. The Hall–Kier alpha value is -3.42. The number of halogens is 1. The molecule has 1 aliphatic rings. The van der Waals surface area contributed by atoms with Crippen LogP contribution in [0.5, 0.6) is 0 Å². The first-order valence-corrected chi connectivity index (χ1v) is 12.5. The van der Waals surface area contributed by atoms with Crippen molar-refractivity contribution in [1.82, 2.24) is 19.2 Å². The lowest BCUT2D eigenvalue weighted by atomic mass is 9.94. The first-order valence-electron chi connectivity index (χ1n) is 12.5. The van der Waals surface area contributed by atoms with Crippen LogP contribution in [0.15, 0.2) is 42.9 Å². The van der Waals surface area contributed by atoms with Crippen LogP contribution >= 0.6 is 0 Å². The second-order valence-corrected chi connectivity index (χ2v) is 10.6. The summed E-state index contributed by atoms with van der Waals surface area (Å²) in [7, 11) is 0. The number of aromatic nitrogens is 2. The van der Waals surface area contributed by atoms with Gasteiger partial charge in [-0.3, -0.25) is 9.20 Å².